The van der Waals surface area contributed by atoms with Gasteiger partial charge in [-0.15, -0.1) is 24.0 Å². The lowest BCUT2D eigenvalue weighted by atomic mass is 10.1. The van der Waals surface area contributed by atoms with E-state index in [1.54, 1.807) is 20.3 Å². The smallest absolute Gasteiger partial charge is 0.188 e. The Balaban J connectivity index is 0.00000484. The highest BCUT2D eigenvalue weighted by Crippen LogP contribution is 2.27. The van der Waals surface area contributed by atoms with E-state index < -0.39 is 0 Å². The fourth-order valence-corrected chi connectivity index (χ4v) is 1.74. The molecule has 0 amide bonds. The van der Waals surface area contributed by atoms with Crippen LogP contribution in [0.2, 0.25) is 0 Å². The Labute approximate surface area is 155 Å². The number of guanidine groups is 1. The molecule has 132 valence electrons. The Kier molecular flexibility index (Phi) is 9.78. The Morgan fingerprint density at radius 3 is 2.09 bits per heavy atom. The first-order valence-electron chi connectivity index (χ1n) is 7.28. The molecule has 6 nitrogen and oxygen atoms in total. The van der Waals surface area contributed by atoms with E-state index in [9.17, 15) is 0 Å². The maximum Gasteiger partial charge on any atom is 0.188 e. The number of halogens is 1. The molecule has 0 aromatic heterocycles. The van der Waals surface area contributed by atoms with E-state index in [1.165, 1.54) is 0 Å². The normalized spacial score (nSPS) is 11.4. The predicted octanol–water partition coefficient (Wildman–Crippen LogP) is 2.79. The van der Waals surface area contributed by atoms with Gasteiger partial charge in [0.2, 0.25) is 0 Å². The van der Waals surface area contributed by atoms with Gasteiger partial charge in [-0.05, 0) is 20.8 Å². The molecule has 0 saturated heterocycles. The lowest BCUT2D eigenvalue weighted by Crippen LogP contribution is -2.45. The molecular formula is C16H28IN3O3. The maximum absolute atomic E-state index is 5.79. The zero-order chi connectivity index (χ0) is 16.6. The van der Waals surface area contributed by atoms with Crippen LogP contribution in [0.15, 0.2) is 23.2 Å². The third kappa shape index (κ3) is 9.37. The molecule has 0 saturated carbocycles. The lowest BCUT2D eigenvalue weighted by molar-refractivity contribution is 0.307. The predicted molar refractivity (Wildman–Crippen MR) is 104 cm³/mol. The Morgan fingerprint density at radius 2 is 1.61 bits per heavy atom. The molecule has 0 fully saturated rings. The monoisotopic (exact) mass is 437 g/mol. The number of methoxy groups -OCH3 is 2. The van der Waals surface area contributed by atoms with Gasteiger partial charge in [-0.2, -0.15) is 0 Å². The fraction of sp³-hybridized carbons (Fsp3) is 0.562. The molecule has 23 heavy (non-hydrogen) atoms. The molecule has 0 radical (unpaired) electrons. The summed E-state index contributed by atoms with van der Waals surface area (Å²) in [6, 6.07) is 5.44. The molecule has 0 aliphatic carbocycles. The van der Waals surface area contributed by atoms with E-state index in [1.807, 2.05) is 32.9 Å². The topological polar surface area (TPSA) is 78.1 Å². The number of nitrogens with zero attached hydrogens (tertiary/aromatic N) is 1. The van der Waals surface area contributed by atoms with Gasteiger partial charge in [0.15, 0.2) is 5.96 Å². The van der Waals surface area contributed by atoms with Gasteiger partial charge in [0, 0.05) is 36.7 Å². The minimum atomic E-state index is -0.0821. The molecule has 1 aromatic carbocycles. The van der Waals surface area contributed by atoms with Crippen LogP contribution in [0, 0.1) is 0 Å². The van der Waals surface area contributed by atoms with Crippen molar-refractivity contribution in [3.63, 3.8) is 0 Å². The van der Waals surface area contributed by atoms with Crippen LogP contribution in [-0.4, -0.2) is 38.9 Å². The zero-order valence-corrected chi connectivity index (χ0v) is 16.8. The lowest BCUT2D eigenvalue weighted by Gasteiger charge is -2.20. The summed E-state index contributed by atoms with van der Waals surface area (Å²) >= 11 is 0. The van der Waals surface area contributed by atoms with Crippen molar-refractivity contribution >= 4 is 29.9 Å². The molecule has 0 aliphatic heterocycles. The minimum absolute atomic E-state index is 0. The summed E-state index contributed by atoms with van der Waals surface area (Å²) in [4.78, 5) is 4.26. The average molecular weight is 437 g/mol. The summed E-state index contributed by atoms with van der Waals surface area (Å²) in [5.41, 5.74) is 5.71. The number of benzene rings is 1. The number of nitrogens with two attached hydrogens (primary N) is 1. The van der Waals surface area contributed by atoms with Crippen molar-refractivity contribution in [2.24, 2.45) is 10.7 Å². The van der Waals surface area contributed by atoms with Crippen LogP contribution in [0.25, 0.3) is 0 Å². The van der Waals surface area contributed by atoms with Crippen LogP contribution in [0.5, 0.6) is 17.2 Å². The molecule has 0 aliphatic rings. The summed E-state index contributed by atoms with van der Waals surface area (Å²) in [5.74, 6) is 2.56. The van der Waals surface area contributed by atoms with Gasteiger partial charge in [0.05, 0.1) is 20.8 Å². The molecular weight excluding hydrogens is 409 g/mol. The van der Waals surface area contributed by atoms with Gasteiger partial charge >= 0.3 is 0 Å². The Bertz CT molecular complexity index is 480. The quantitative estimate of drug-likeness (QED) is 0.297. The van der Waals surface area contributed by atoms with Crippen molar-refractivity contribution in [2.75, 3.05) is 27.4 Å². The second-order valence-electron chi connectivity index (χ2n) is 5.89. The van der Waals surface area contributed by atoms with Gasteiger partial charge in [-0.25, -0.2) is 0 Å². The number of hydrogen-bond donors (Lipinski definition) is 2. The number of hydrogen-bond acceptors (Lipinski definition) is 4. The SMILES string of the molecule is COc1cc(OC)cc(OCCCN=C(N)NC(C)(C)C)c1.I. The number of rotatable bonds is 7. The maximum atomic E-state index is 5.79. The van der Waals surface area contributed by atoms with Crippen molar-refractivity contribution in [1.82, 2.24) is 5.32 Å². The van der Waals surface area contributed by atoms with Crippen molar-refractivity contribution in [3.8, 4) is 17.2 Å². The van der Waals surface area contributed by atoms with E-state index >= 15 is 0 Å². The van der Waals surface area contributed by atoms with Gasteiger partial charge < -0.3 is 25.3 Å². The first-order chi connectivity index (χ1) is 10.3. The summed E-state index contributed by atoms with van der Waals surface area (Å²) in [7, 11) is 3.22. The molecule has 1 rings (SSSR count). The minimum Gasteiger partial charge on any atom is -0.496 e. The number of nitrogens with one attached hydrogen (secondary N) is 1. The van der Waals surface area contributed by atoms with Gasteiger partial charge in [0.1, 0.15) is 17.2 Å². The Morgan fingerprint density at radius 1 is 1.09 bits per heavy atom. The van der Waals surface area contributed by atoms with E-state index in [-0.39, 0.29) is 29.5 Å². The number of aliphatic imine (C=N–C) groups is 1. The molecule has 0 spiro atoms. The third-order valence-electron chi connectivity index (χ3n) is 2.68. The second-order valence-corrected chi connectivity index (χ2v) is 5.89. The first-order valence-corrected chi connectivity index (χ1v) is 7.28. The molecule has 0 heterocycles. The third-order valence-corrected chi connectivity index (χ3v) is 2.68. The average Bonchev–Trinajstić information content (AvgIpc) is 2.44. The van der Waals surface area contributed by atoms with Gasteiger partial charge in [-0.3, -0.25) is 4.99 Å². The summed E-state index contributed by atoms with van der Waals surface area (Å²) < 4.78 is 16.1. The Hall–Kier alpha value is -1.38. The van der Waals surface area contributed by atoms with Crippen LogP contribution >= 0.6 is 24.0 Å². The molecule has 0 bridgehead atoms. The second kappa shape index (κ2) is 10.4. The molecule has 7 heteroatoms. The van der Waals surface area contributed by atoms with Crippen molar-refractivity contribution in [2.45, 2.75) is 32.7 Å². The molecule has 3 N–H and O–H groups in total. The first kappa shape index (κ1) is 21.6. The van der Waals surface area contributed by atoms with Crippen LogP contribution in [0.1, 0.15) is 27.2 Å². The largest absolute Gasteiger partial charge is 0.496 e. The van der Waals surface area contributed by atoms with Crippen LogP contribution in [0.4, 0.5) is 0 Å². The number of ether oxygens (including phenoxy) is 3. The highest BCUT2D eigenvalue weighted by molar-refractivity contribution is 14.0. The molecule has 0 atom stereocenters. The van der Waals surface area contributed by atoms with Crippen molar-refractivity contribution < 1.29 is 14.2 Å². The van der Waals surface area contributed by atoms with Crippen LogP contribution in [0.3, 0.4) is 0 Å². The van der Waals surface area contributed by atoms with Gasteiger partial charge in [0.25, 0.3) is 0 Å². The van der Waals surface area contributed by atoms with E-state index in [0.717, 1.165) is 6.42 Å². The fourth-order valence-electron chi connectivity index (χ4n) is 1.74. The van der Waals surface area contributed by atoms with Gasteiger partial charge in [-0.1, -0.05) is 0 Å². The van der Waals surface area contributed by atoms with E-state index in [2.05, 4.69) is 10.3 Å². The highest BCUT2D eigenvalue weighted by atomic mass is 127. The van der Waals surface area contributed by atoms with Crippen LogP contribution < -0.4 is 25.3 Å². The standard InChI is InChI=1S/C16H27N3O3.HI/c1-16(2,3)19-15(17)18-7-6-8-22-14-10-12(20-4)9-13(11-14)21-5;/h9-11H,6-8H2,1-5H3,(H3,17,18,19);1H. The summed E-state index contributed by atoms with van der Waals surface area (Å²) in [6.45, 7) is 7.26. The van der Waals surface area contributed by atoms with Crippen molar-refractivity contribution in [3.05, 3.63) is 18.2 Å². The summed E-state index contributed by atoms with van der Waals surface area (Å²) in [5, 5.41) is 3.11. The molecule has 1 aromatic rings. The van der Waals surface area contributed by atoms with Crippen molar-refractivity contribution in [1.29, 1.82) is 0 Å². The summed E-state index contributed by atoms with van der Waals surface area (Å²) in [6.07, 6.45) is 0.770. The highest BCUT2D eigenvalue weighted by Gasteiger charge is 2.09. The van der Waals surface area contributed by atoms with E-state index in [4.69, 9.17) is 19.9 Å². The zero-order valence-electron chi connectivity index (χ0n) is 14.5. The molecule has 0 unspecified atom stereocenters. The van der Waals surface area contributed by atoms with E-state index in [0.29, 0.717) is 36.4 Å². The van der Waals surface area contributed by atoms with Crippen LogP contribution in [-0.2, 0) is 0 Å².